The number of ether oxygens (including phenoxy) is 2. The van der Waals surface area contributed by atoms with Gasteiger partial charge in [-0.2, -0.15) is 0 Å². The van der Waals surface area contributed by atoms with Crippen molar-refractivity contribution in [2.24, 2.45) is 0 Å². The summed E-state index contributed by atoms with van der Waals surface area (Å²) in [4.78, 5) is 4.72. The average molecular weight is 404 g/mol. The molecule has 0 radical (unpaired) electrons. The maximum absolute atomic E-state index is 12.8. The predicted molar refractivity (Wildman–Crippen MR) is 109 cm³/mol. The van der Waals surface area contributed by atoms with E-state index in [2.05, 4.69) is 28.1 Å². The summed E-state index contributed by atoms with van der Waals surface area (Å²) in [6, 6.07) is 12.8. The van der Waals surface area contributed by atoms with Gasteiger partial charge >= 0.3 is 0 Å². The molecule has 1 heterocycles. The van der Waals surface area contributed by atoms with Crippen molar-refractivity contribution in [3.05, 3.63) is 48.3 Å². The lowest BCUT2D eigenvalue weighted by molar-refractivity contribution is 0.392. The number of sulfonamides is 1. The van der Waals surface area contributed by atoms with Gasteiger partial charge in [0.15, 0.2) is 0 Å². The molecule has 2 aromatic carbocycles. The van der Waals surface area contributed by atoms with Gasteiger partial charge in [0.05, 0.1) is 25.3 Å². The Labute approximate surface area is 165 Å². The summed E-state index contributed by atoms with van der Waals surface area (Å²) >= 11 is 0. The van der Waals surface area contributed by atoms with Crippen LogP contribution in [0.1, 0.15) is 25.7 Å². The molecule has 0 aliphatic heterocycles. The maximum atomic E-state index is 12.8. The van der Waals surface area contributed by atoms with Crippen molar-refractivity contribution in [2.75, 3.05) is 20.8 Å². The van der Waals surface area contributed by atoms with Crippen molar-refractivity contribution in [2.45, 2.75) is 31.2 Å². The van der Waals surface area contributed by atoms with Gasteiger partial charge in [-0.15, -0.1) is 0 Å². The molecular weight excluding hydrogens is 378 g/mol. The second kappa shape index (κ2) is 8.20. The summed E-state index contributed by atoms with van der Waals surface area (Å²) in [6.45, 7) is 4.39. The molecule has 7 nitrogen and oxygen atoms in total. The lowest BCUT2D eigenvalue weighted by Crippen LogP contribution is -2.27. The smallest absolute Gasteiger partial charge is 0.244 e. The Balaban J connectivity index is 1.82. The molecule has 8 heteroatoms. The molecule has 1 N–H and O–H groups in total. The monoisotopic (exact) mass is 403 g/mol. The zero-order chi connectivity index (χ0) is 20.3. The van der Waals surface area contributed by atoms with Crippen LogP contribution in [0.25, 0.3) is 11.0 Å². The van der Waals surface area contributed by atoms with Crippen LogP contribution in [-0.2, 0) is 16.4 Å². The summed E-state index contributed by atoms with van der Waals surface area (Å²) in [5, 5.41) is 0. The first-order valence-corrected chi connectivity index (χ1v) is 10.5. The highest BCUT2D eigenvalue weighted by Gasteiger charge is 2.21. The first kappa shape index (κ1) is 20.2. The van der Waals surface area contributed by atoms with E-state index in [1.54, 1.807) is 12.1 Å². The molecule has 0 unspecified atom stereocenters. The number of aromatic nitrogens is 2. The van der Waals surface area contributed by atoms with Gasteiger partial charge < -0.3 is 14.0 Å². The number of benzene rings is 2. The largest absolute Gasteiger partial charge is 0.497 e. The molecule has 150 valence electrons. The number of hydrogen-bond donors (Lipinski definition) is 1. The van der Waals surface area contributed by atoms with Gasteiger partial charge in [-0.3, -0.25) is 0 Å². The Bertz CT molecular complexity index is 1070. The van der Waals surface area contributed by atoms with Crippen molar-refractivity contribution >= 4 is 21.1 Å². The Morgan fingerprint density at radius 3 is 2.54 bits per heavy atom. The minimum absolute atomic E-state index is 0.0479. The second-order valence-electron chi connectivity index (χ2n) is 6.65. The highest BCUT2D eigenvalue weighted by Crippen LogP contribution is 2.28. The van der Waals surface area contributed by atoms with E-state index in [4.69, 9.17) is 9.47 Å². The van der Waals surface area contributed by atoms with E-state index in [1.807, 2.05) is 24.3 Å². The highest BCUT2D eigenvalue weighted by molar-refractivity contribution is 7.89. The van der Waals surface area contributed by atoms with Crippen LogP contribution in [0.15, 0.2) is 47.4 Å². The molecule has 3 aromatic rings. The summed E-state index contributed by atoms with van der Waals surface area (Å²) in [7, 11) is -0.837. The van der Waals surface area contributed by atoms with Gasteiger partial charge in [0.1, 0.15) is 22.2 Å². The quantitative estimate of drug-likeness (QED) is 0.625. The average Bonchev–Trinajstić information content (AvgIpc) is 3.05. The van der Waals surface area contributed by atoms with E-state index >= 15 is 0 Å². The third-order valence-electron chi connectivity index (χ3n) is 4.49. The normalized spacial score (nSPS) is 11.9. The Kier molecular flexibility index (Phi) is 5.90. The number of imidazole rings is 1. The molecular formula is C20H25N3O4S. The van der Waals surface area contributed by atoms with Crippen LogP contribution in [0.4, 0.5) is 0 Å². The van der Waals surface area contributed by atoms with Gasteiger partial charge in [-0.25, -0.2) is 18.1 Å². The molecule has 0 bridgehead atoms. The van der Waals surface area contributed by atoms with Gasteiger partial charge in [0.2, 0.25) is 10.0 Å². The van der Waals surface area contributed by atoms with Gasteiger partial charge in [0.25, 0.3) is 0 Å². The van der Waals surface area contributed by atoms with E-state index in [0.29, 0.717) is 12.2 Å². The fourth-order valence-corrected chi connectivity index (χ4v) is 4.43. The van der Waals surface area contributed by atoms with Gasteiger partial charge in [0, 0.05) is 25.1 Å². The molecule has 0 amide bonds. The summed E-state index contributed by atoms with van der Waals surface area (Å²) < 4.78 is 40.7. The first-order valence-electron chi connectivity index (χ1n) is 9.05. The fraction of sp³-hybridized carbons (Fsp3) is 0.350. The topological polar surface area (TPSA) is 82.4 Å². The number of fused-ring (bicyclic) bond motifs is 1. The standard InChI is InChI=1S/C20H25N3O4S/c1-14(2)23-17-8-6-5-7-16(17)22-20(23)11-12-21-28(24,25)19-13-15(26-3)9-10-18(19)27-4/h5-10,13-14,21H,11-12H2,1-4H3. The lowest BCUT2D eigenvalue weighted by atomic mass is 10.3. The van der Waals surface area contributed by atoms with E-state index in [1.165, 1.54) is 20.3 Å². The molecule has 3 rings (SSSR count). The Morgan fingerprint density at radius 1 is 1.11 bits per heavy atom. The van der Waals surface area contributed by atoms with Crippen molar-refractivity contribution in [1.29, 1.82) is 0 Å². The first-order chi connectivity index (χ1) is 13.4. The third-order valence-corrected chi connectivity index (χ3v) is 5.97. The van der Waals surface area contributed by atoms with Gasteiger partial charge in [-0.1, -0.05) is 12.1 Å². The van der Waals surface area contributed by atoms with Crippen LogP contribution < -0.4 is 14.2 Å². The van der Waals surface area contributed by atoms with E-state index in [-0.39, 0.29) is 23.2 Å². The van der Waals surface area contributed by atoms with Crippen molar-refractivity contribution in [1.82, 2.24) is 14.3 Å². The van der Waals surface area contributed by atoms with Crippen LogP contribution in [0.5, 0.6) is 11.5 Å². The van der Waals surface area contributed by atoms with Crippen molar-refractivity contribution in [3.63, 3.8) is 0 Å². The number of rotatable bonds is 8. The zero-order valence-electron chi connectivity index (χ0n) is 16.5. The van der Waals surface area contributed by atoms with Crippen LogP contribution in [0.2, 0.25) is 0 Å². The van der Waals surface area contributed by atoms with Gasteiger partial charge in [-0.05, 0) is 38.1 Å². The zero-order valence-corrected chi connectivity index (χ0v) is 17.3. The predicted octanol–water partition coefficient (Wildman–Crippen LogP) is 3.16. The van der Waals surface area contributed by atoms with Crippen molar-refractivity contribution < 1.29 is 17.9 Å². The molecule has 0 saturated heterocycles. The minimum Gasteiger partial charge on any atom is -0.497 e. The number of nitrogens with one attached hydrogen (secondary N) is 1. The lowest BCUT2D eigenvalue weighted by Gasteiger charge is -2.14. The van der Waals surface area contributed by atoms with Crippen molar-refractivity contribution in [3.8, 4) is 11.5 Å². The summed E-state index contributed by atoms with van der Waals surface area (Å²) in [6.07, 6.45) is 0.471. The van der Waals surface area contributed by atoms with Crippen LogP contribution in [-0.4, -0.2) is 38.7 Å². The molecule has 0 atom stereocenters. The summed E-state index contributed by atoms with van der Waals surface area (Å²) in [5.74, 6) is 1.56. The maximum Gasteiger partial charge on any atom is 0.244 e. The molecule has 1 aromatic heterocycles. The van der Waals surface area contributed by atoms with Crippen LogP contribution >= 0.6 is 0 Å². The number of hydrogen-bond acceptors (Lipinski definition) is 5. The SMILES string of the molecule is COc1ccc(OC)c(S(=O)(=O)NCCc2nc3ccccc3n2C(C)C)c1. The second-order valence-corrected chi connectivity index (χ2v) is 8.38. The molecule has 0 saturated carbocycles. The molecule has 0 aliphatic carbocycles. The molecule has 0 fully saturated rings. The minimum atomic E-state index is -3.76. The van der Waals surface area contributed by atoms with E-state index in [9.17, 15) is 8.42 Å². The Hall–Kier alpha value is -2.58. The number of para-hydroxylation sites is 2. The van der Waals surface area contributed by atoms with E-state index < -0.39 is 10.0 Å². The molecule has 0 aliphatic rings. The number of nitrogens with zero attached hydrogens (tertiary/aromatic N) is 2. The van der Waals surface area contributed by atoms with Crippen LogP contribution in [0.3, 0.4) is 0 Å². The highest BCUT2D eigenvalue weighted by atomic mass is 32.2. The fourth-order valence-electron chi connectivity index (χ4n) is 3.22. The number of methoxy groups -OCH3 is 2. The van der Waals surface area contributed by atoms with Crippen LogP contribution in [0, 0.1) is 0 Å². The third kappa shape index (κ3) is 3.98. The summed E-state index contributed by atoms with van der Waals surface area (Å²) in [5.41, 5.74) is 1.95. The Morgan fingerprint density at radius 2 is 1.86 bits per heavy atom. The molecule has 28 heavy (non-hydrogen) atoms. The van der Waals surface area contributed by atoms with E-state index in [0.717, 1.165) is 16.9 Å². The molecule has 0 spiro atoms.